The topological polar surface area (TPSA) is 59.1 Å². The summed E-state index contributed by atoms with van der Waals surface area (Å²) in [7, 11) is -1.68. The van der Waals surface area contributed by atoms with Gasteiger partial charge in [0, 0.05) is 11.8 Å². The molecule has 1 aliphatic rings. The van der Waals surface area contributed by atoms with Crippen molar-refractivity contribution in [3.05, 3.63) is 53.7 Å². The Morgan fingerprint density at radius 3 is 2.61 bits per heavy atom. The highest BCUT2D eigenvalue weighted by Crippen LogP contribution is 2.38. The first kappa shape index (κ1) is 11.4. The summed E-state index contributed by atoms with van der Waals surface area (Å²) < 4.78 is 24.9. The summed E-state index contributed by atoms with van der Waals surface area (Å²) >= 11 is 0. The van der Waals surface area contributed by atoms with Crippen molar-refractivity contribution in [1.29, 1.82) is 0 Å². The largest absolute Gasteiger partial charge is 0.309 e. The molecule has 0 radical (unpaired) electrons. The summed E-state index contributed by atoms with van der Waals surface area (Å²) in [5.41, 5.74) is 1.49. The molecule has 0 amide bonds. The van der Waals surface area contributed by atoms with Gasteiger partial charge in [0.05, 0.1) is 10.9 Å². The van der Waals surface area contributed by atoms with Crippen LogP contribution >= 0.6 is 0 Å². The molecule has 92 valence electrons. The van der Waals surface area contributed by atoms with Gasteiger partial charge in [-0.1, -0.05) is 24.3 Å². The lowest BCUT2D eigenvalue weighted by molar-refractivity contribution is 0.569. The Morgan fingerprint density at radius 1 is 1.11 bits per heavy atom. The van der Waals surface area contributed by atoms with Gasteiger partial charge in [0.25, 0.3) is 0 Å². The molecule has 18 heavy (non-hydrogen) atoms. The molecule has 1 aromatic heterocycles. The molecule has 3 rings (SSSR count). The Balaban J connectivity index is 2.40. The van der Waals surface area contributed by atoms with Gasteiger partial charge in [-0.05, 0) is 24.7 Å². The van der Waals surface area contributed by atoms with Crippen LogP contribution in [0.4, 0.5) is 0 Å². The van der Waals surface area contributed by atoms with Gasteiger partial charge >= 0.3 is 0 Å². The predicted molar refractivity (Wildman–Crippen MR) is 67.0 cm³/mol. The number of rotatable bonds is 1. The van der Waals surface area contributed by atoms with Crippen molar-refractivity contribution in [1.82, 2.24) is 10.3 Å². The van der Waals surface area contributed by atoms with E-state index in [1.807, 2.05) is 19.2 Å². The minimum absolute atomic E-state index is 0.131. The van der Waals surface area contributed by atoms with E-state index in [1.165, 1.54) is 6.20 Å². The lowest BCUT2D eigenvalue weighted by atomic mass is 10.00. The van der Waals surface area contributed by atoms with Gasteiger partial charge in [0.2, 0.25) is 9.84 Å². The SMILES string of the molecule is CN[C@H]1c2ccccc2S(=O)(=O)c2ncccc21. The normalized spacial score (nSPS) is 19.9. The molecule has 0 unspecified atom stereocenters. The molecule has 0 spiro atoms. The number of fused-ring (bicyclic) bond motifs is 2. The van der Waals surface area contributed by atoms with Gasteiger partial charge in [0.1, 0.15) is 0 Å². The van der Waals surface area contributed by atoms with Crippen LogP contribution in [0, 0.1) is 0 Å². The second kappa shape index (κ2) is 3.90. The smallest absolute Gasteiger partial charge is 0.224 e. The maximum Gasteiger partial charge on any atom is 0.224 e. The van der Waals surface area contributed by atoms with Crippen LogP contribution < -0.4 is 5.32 Å². The number of benzene rings is 1. The average Bonchev–Trinajstić information content (AvgIpc) is 2.40. The van der Waals surface area contributed by atoms with E-state index in [2.05, 4.69) is 10.3 Å². The molecular weight excluding hydrogens is 248 g/mol. The molecule has 4 nitrogen and oxygen atoms in total. The maximum atomic E-state index is 12.5. The Labute approximate surface area is 106 Å². The Kier molecular flexibility index (Phi) is 2.46. The summed E-state index contributed by atoms with van der Waals surface area (Å²) in [5, 5.41) is 3.31. The van der Waals surface area contributed by atoms with Gasteiger partial charge < -0.3 is 5.32 Å². The van der Waals surface area contributed by atoms with Crippen LogP contribution in [0.3, 0.4) is 0 Å². The van der Waals surface area contributed by atoms with Crippen molar-refractivity contribution < 1.29 is 8.42 Å². The van der Waals surface area contributed by atoms with Crippen LogP contribution in [0.2, 0.25) is 0 Å². The Hall–Kier alpha value is -1.72. The number of hydrogen-bond donors (Lipinski definition) is 1. The third-order valence-corrected chi connectivity index (χ3v) is 4.98. The summed E-state index contributed by atoms with van der Waals surface area (Å²) in [5.74, 6) is 0. The van der Waals surface area contributed by atoms with Crippen LogP contribution in [-0.4, -0.2) is 20.4 Å². The minimum Gasteiger partial charge on any atom is -0.309 e. The van der Waals surface area contributed by atoms with E-state index < -0.39 is 9.84 Å². The van der Waals surface area contributed by atoms with Gasteiger partial charge in [-0.25, -0.2) is 13.4 Å². The average molecular weight is 260 g/mol. The van der Waals surface area contributed by atoms with Gasteiger partial charge in [-0.3, -0.25) is 0 Å². The number of nitrogens with zero attached hydrogens (tertiary/aromatic N) is 1. The highest BCUT2D eigenvalue weighted by molar-refractivity contribution is 7.91. The molecule has 2 heterocycles. The van der Waals surface area contributed by atoms with E-state index in [9.17, 15) is 8.42 Å². The number of aromatic nitrogens is 1. The summed E-state index contributed by atoms with van der Waals surface area (Å²) in [4.78, 5) is 4.38. The zero-order valence-electron chi connectivity index (χ0n) is 9.79. The fourth-order valence-electron chi connectivity index (χ4n) is 2.39. The Bertz CT molecular complexity index is 657. The van der Waals surface area contributed by atoms with Crippen molar-refractivity contribution in [2.75, 3.05) is 7.05 Å². The third-order valence-electron chi connectivity index (χ3n) is 3.17. The van der Waals surface area contributed by atoms with Crippen molar-refractivity contribution in [2.45, 2.75) is 16.0 Å². The van der Waals surface area contributed by atoms with E-state index in [4.69, 9.17) is 0 Å². The molecule has 0 saturated carbocycles. The molecule has 0 fully saturated rings. The predicted octanol–water partition coefficient (Wildman–Crippen LogP) is 1.54. The summed E-state index contributed by atoms with van der Waals surface area (Å²) in [6.07, 6.45) is 1.51. The monoisotopic (exact) mass is 260 g/mol. The summed E-state index contributed by atoms with van der Waals surface area (Å²) in [6.45, 7) is 0. The molecule has 1 aromatic carbocycles. The van der Waals surface area contributed by atoms with E-state index in [0.29, 0.717) is 10.5 Å². The third kappa shape index (κ3) is 1.41. The first-order chi connectivity index (χ1) is 8.66. The molecule has 1 N–H and O–H groups in total. The van der Waals surface area contributed by atoms with E-state index in [0.717, 1.165) is 5.56 Å². The van der Waals surface area contributed by atoms with Crippen LogP contribution in [0.5, 0.6) is 0 Å². The molecule has 5 heteroatoms. The van der Waals surface area contributed by atoms with E-state index in [-0.39, 0.29) is 11.1 Å². The fourth-order valence-corrected chi connectivity index (χ4v) is 4.05. The second-order valence-electron chi connectivity index (χ2n) is 4.16. The molecule has 2 aromatic rings. The lowest BCUT2D eigenvalue weighted by Gasteiger charge is -2.26. The Morgan fingerprint density at radius 2 is 1.83 bits per heavy atom. The van der Waals surface area contributed by atoms with Gasteiger partial charge in [-0.15, -0.1) is 0 Å². The highest BCUT2D eigenvalue weighted by Gasteiger charge is 2.35. The molecule has 1 aliphatic heterocycles. The second-order valence-corrected chi connectivity index (χ2v) is 5.99. The van der Waals surface area contributed by atoms with Crippen molar-refractivity contribution in [3.63, 3.8) is 0 Å². The lowest BCUT2D eigenvalue weighted by Crippen LogP contribution is -2.27. The molecule has 0 saturated heterocycles. The van der Waals surface area contributed by atoms with E-state index >= 15 is 0 Å². The van der Waals surface area contributed by atoms with Crippen LogP contribution in [0.15, 0.2) is 52.5 Å². The molecule has 1 atom stereocenters. The van der Waals surface area contributed by atoms with Crippen LogP contribution in [0.25, 0.3) is 0 Å². The molecular formula is C13H12N2O2S. The summed E-state index contributed by atoms with van der Waals surface area (Å²) in [6, 6.07) is 10.5. The fraction of sp³-hybridized carbons (Fsp3) is 0.154. The van der Waals surface area contributed by atoms with Crippen molar-refractivity contribution in [3.8, 4) is 0 Å². The zero-order valence-corrected chi connectivity index (χ0v) is 10.6. The van der Waals surface area contributed by atoms with Crippen molar-refractivity contribution in [2.24, 2.45) is 0 Å². The van der Waals surface area contributed by atoms with Gasteiger partial charge in [0.15, 0.2) is 5.03 Å². The molecule has 0 aliphatic carbocycles. The van der Waals surface area contributed by atoms with Gasteiger partial charge in [-0.2, -0.15) is 0 Å². The standard InChI is InChI=1S/C13H12N2O2S/c1-14-12-9-5-2-3-7-11(9)18(16,17)13-10(12)6-4-8-15-13/h2-8,12,14H,1H3/t12-/m0/s1. The number of pyridine rings is 1. The first-order valence-electron chi connectivity index (χ1n) is 5.62. The quantitative estimate of drug-likeness (QED) is 0.845. The maximum absolute atomic E-state index is 12.5. The van der Waals surface area contributed by atoms with Crippen LogP contribution in [0.1, 0.15) is 17.2 Å². The zero-order chi connectivity index (χ0) is 12.8. The highest BCUT2D eigenvalue weighted by atomic mass is 32.2. The number of sulfone groups is 1. The number of hydrogen-bond acceptors (Lipinski definition) is 4. The first-order valence-corrected chi connectivity index (χ1v) is 7.11. The molecule has 0 bridgehead atoms. The van der Waals surface area contributed by atoms with E-state index in [1.54, 1.807) is 24.3 Å². The van der Waals surface area contributed by atoms with Crippen LogP contribution in [-0.2, 0) is 9.84 Å². The number of nitrogens with one attached hydrogen (secondary N) is 1. The minimum atomic E-state index is -3.50. The van der Waals surface area contributed by atoms with Crippen molar-refractivity contribution >= 4 is 9.84 Å².